The van der Waals surface area contributed by atoms with Crippen LogP contribution in [-0.2, 0) is 9.84 Å². The summed E-state index contributed by atoms with van der Waals surface area (Å²) in [5.74, 6) is -4.24. The minimum absolute atomic E-state index is 0.0396. The summed E-state index contributed by atoms with van der Waals surface area (Å²) in [5.41, 5.74) is 0.378. The molecule has 0 saturated heterocycles. The number of urea groups is 1. The molecular weight excluding hydrogens is 373 g/mol. The van der Waals surface area contributed by atoms with Crippen LogP contribution in [0.1, 0.15) is 5.56 Å². The Hall–Kier alpha value is -2.75. The molecular formula is C16H15F3N2O4S. The lowest BCUT2D eigenvalue weighted by atomic mass is 10.2. The van der Waals surface area contributed by atoms with E-state index in [-0.39, 0.29) is 17.1 Å². The van der Waals surface area contributed by atoms with Crippen molar-refractivity contribution in [1.82, 2.24) is 0 Å². The number of hydrogen-bond donors (Lipinski definition) is 2. The van der Waals surface area contributed by atoms with E-state index in [0.29, 0.717) is 5.56 Å². The van der Waals surface area contributed by atoms with Crippen LogP contribution in [0.25, 0.3) is 0 Å². The first kappa shape index (κ1) is 19.6. The zero-order valence-corrected chi connectivity index (χ0v) is 14.5. The van der Waals surface area contributed by atoms with E-state index in [1.165, 1.54) is 19.2 Å². The van der Waals surface area contributed by atoms with E-state index in [2.05, 4.69) is 10.6 Å². The topological polar surface area (TPSA) is 84.5 Å². The Morgan fingerprint density at radius 2 is 1.73 bits per heavy atom. The fraction of sp³-hybridized carbons (Fsp3) is 0.188. The average molecular weight is 388 g/mol. The van der Waals surface area contributed by atoms with Gasteiger partial charge < -0.3 is 15.4 Å². The first-order chi connectivity index (χ1) is 12.1. The highest BCUT2D eigenvalue weighted by atomic mass is 32.2. The number of anilines is 2. The standard InChI is InChI=1S/C16H15F3N2O4S/c1-9-3-5-12(11(17)7-9)20-16(22)21-13-8-10(4-6-14(13)25-2)26(23,24)15(18)19/h3-8,15H,1-2H3,(H2,20,21,22). The van der Waals surface area contributed by atoms with Gasteiger partial charge in [-0.15, -0.1) is 0 Å². The van der Waals surface area contributed by atoms with Gasteiger partial charge in [0.25, 0.3) is 0 Å². The van der Waals surface area contributed by atoms with Gasteiger partial charge >= 0.3 is 11.8 Å². The van der Waals surface area contributed by atoms with E-state index < -0.39 is 32.3 Å². The fourth-order valence-corrected chi connectivity index (χ4v) is 2.81. The number of carbonyl (C=O) groups excluding carboxylic acids is 1. The summed E-state index contributed by atoms with van der Waals surface area (Å²) in [5, 5.41) is 4.49. The third kappa shape index (κ3) is 4.26. The van der Waals surface area contributed by atoms with Crippen molar-refractivity contribution in [2.75, 3.05) is 17.7 Å². The van der Waals surface area contributed by atoms with Gasteiger partial charge in [-0.25, -0.2) is 17.6 Å². The van der Waals surface area contributed by atoms with Gasteiger partial charge in [-0.05, 0) is 42.8 Å². The lowest BCUT2D eigenvalue weighted by Crippen LogP contribution is -2.21. The fourth-order valence-electron chi connectivity index (χ4n) is 2.06. The van der Waals surface area contributed by atoms with Crippen LogP contribution in [0.15, 0.2) is 41.3 Å². The molecule has 2 aromatic carbocycles. The van der Waals surface area contributed by atoms with Gasteiger partial charge in [-0.1, -0.05) is 6.07 Å². The Kier molecular flexibility index (Phi) is 5.76. The summed E-state index contributed by atoms with van der Waals surface area (Å²) >= 11 is 0. The lowest BCUT2D eigenvalue weighted by molar-refractivity contribution is 0.234. The molecule has 26 heavy (non-hydrogen) atoms. The number of aryl methyl sites for hydroxylation is 1. The highest BCUT2D eigenvalue weighted by molar-refractivity contribution is 7.91. The van der Waals surface area contributed by atoms with Crippen LogP contribution in [0.2, 0.25) is 0 Å². The van der Waals surface area contributed by atoms with Crippen LogP contribution in [0.3, 0.4) is 0 Å². The summed E-state index contributed by atoms with van der Waals surface area (Å²) in [6.45, 7) is 1.67. The molecule has 0 aliphatic rings. The van der Waals surface area contributed by atoms with Gasteiger partial charge in [0.1, 0.15) is 11.6 Å². The molecule has 2 aromatic rings. The minimum Gasteiger partial charge on any atom is -0.495 e. The molecule has 0 radical (unpaired) electrons. The number of carbonyl (C=O) groups is 1. The molecule has 2 N–H and O–H groups in total. The van der Waals surface area contributed by atoms with Crippen LogP contribution in [0.4, 0.5) is 29.3 Å². The predicted molar refractivity (Wildman–Crippen MR) is 90.0 cm³/mol. The van der Waals surface area contributed by atoms with E-state index in [4.69, 9.17) is 4.74 Å². The van der Waals surface area contributed by atoms with Crippen LogP contribution >= 0.6 is 0 Å². The monoisotopic (exact) mass is 388 g/mol. The number of amides is 2. The van der Waals surface area contributed by atoms with Crippen molar-refractivity contribution in [1.29, 1.82) is 0 Å². The molecule has 6 nitrogen and oxygen atoms in total. The molecule has 0 aliphatic heterocycles. The maximum Gasteiger partial charge on any atom is 0.341 e. The highest BCUT2D eigenvalue weighted by Gasteiger charge is 2.27. The van der Waals surface area contributed by atoms with Crippen molar-refractivity contribution < 1.29 is 31.1 Å². The summed E-state index contributed by atoms with van der Waals surface area (Å²) in [6, 6.07) is 6.13. The molecule has 0 spiro atoms. The first-order valence-electron chi connectivity index (χ1n) is 7.19. The first-order valence-corrected chi connectivity index (χ1v) is 8.74. The Labute approximate surface area is 147 Å². The Morgan fingerprint density at radius 3 is 2.31 bits per heavy atom. The van der Waals surface area contributed by atoms with Crippen molar-refractivity contribution in [2.45, 2.75) is 17.6 Å². The van der Waals surface area contributed by atoms with Crippen molar-refractivity contribution >= 4 is 27.2 Å². The van der Waals surface area contributed by atoms with E-state index in [1.54, 1.807) is 13.0 Å². The molecule has 2 amide bonds. The smallest absolute Gasteiger partial charge is 0.341 e. The molecule has 0 atom stereocenters. The van der Waals surface area contributed by atoms with Gasteiger partial charge in [0.05, 0.1) is 23.4 Å². The zero-order chi connectivity index (χ0) is 19.5. The normalized spacial score (nSPS) is 11.3. The maximum atomic E-state index is 13.8. The Balaban J connectivity index is 2.28. The average Bonchev–Trinajstić information content (AvgIpc) is 2.57. The van der Waals surface area contributed by atoms with Gasteiger partial charge in [-0.3, -0.25) is 0 Å². The molecule has 2 rings (SSSR count). The Morgan fingerprint density at radius 1 is 1.08 bits per heavy atom. The number of benzene rings is 2. The highest BCUT2D eigenvalue weighted by Crippen LogP contribution is 2.30. The number of methoxy groups -OCH3 is 1. The minimum atomic E-state index is -4.85. The number of sulfone groups is 1. The van der Waals surface area contributed by atoms with E-state index in [1.807, 2.05) is 0 Å². The second-order valence-corrected chi connectivity index (χ2v) is 7.15. The van der Waals surface area contributed by atoms with Gasteiger partial charge in [0.15, 0.2) is 0 Å². The second kappa shape index (κ2) is 7.65. The summed E-state index contributed by atoms with van der Waals surface area (Å²) in [6.07, 6.45) is 0. The molecule has 0 saturated carbocycles. The molecule has 0 fully saturated rings. The number of nitrogens with one attached hydrogen (secondary N) is 2. The molecule has 10 heteroatoms. The number of halogens is 3. The lowest BCUT2D eigenvalue weighted by Gasteiger charge is -2.13. The number of rotatable bonds is 5. The Bertz CT molecular complexity index is 933. The van der Waals surface area contributed by atoms with E-state index >= 15 is 0 Å². The van der Waals surface area contributed by atoms with Crippen LogP contribution in [0.5, 0.6) is 5.75 Å². The molecule has 0 bridgehead atoms. The van der Waals surface area contributed by atoms with Gasteiger partial charge in [0, 0.05) is 0 Å². The van der Waals surface area contributed by atoms with Crippen LogP contribution < -0.4 is 15.4 Å². The summed E-state index contributed by atoms with van der Waals surface area (Å²) in [4.78, 5) is 11.4. The number of hydrogen-bond acceptors (Lipinski definition) is 4. The second-order valence-electron chi connectivity index (χ2n) is 5.23. The molecule has 0 unspecified atom stereocenters. The number of alkyl halides is 2. The quantitative estimate of drug-likeness (QED) is 0.816. The molecule has 0 aromatic heterocycles. The van der Waals surface area contributed by atoms with E-state index in [0.717, 1.165) is 18.2 Å². The third-order valence-corrected chi connectivity index (χ3v) is 4.74. The molecule has 140 valence electrons. The molecule has 0 heterocycles. The van der Waals surface area contributed by atoms with Crippen molar-refractivity contribution in [3.05, 3.63) is 47.8 Å². The summed E-state index contributed by atoms with van der Waals surface area (Å²) in [7, 11) is -3.60. The SMILES string of the molecule is COc1ccc(S(=O)(=O)C(F)F)cc1NC(=O)Nc1ccc(C)cc1F. The van der Waals surface area contributed by atoms with Crippen LogP contribution in [-0.4, -0.2) is 27.3 Å². The largest absolute Gasteiger partial charge is 0.495 e. The van der Waals surface area contributed by atoms with Crippen molar-refractivity contribution in [2.24, 2.45) is 0 Å². The van der Waals surface area contributed by atoms with E-state index in [9.17, 15) is 26.4 Å². The van der Waals surface area contributed by atoms with Crippen LogP contribution in [0, 0.1) is 12.7 Å². The summed E-state index contributed by atoms with van der Waals surface area (Å²) < 4.78 is 67.2. The van der Waals surface area contributed by atoms with Gasteiger partial charge in [-0.2, -0.15) is 8.78 Å². The number of ether oxygens (including phenoxy) is 1. The van der Waals surface area contributed by atoms with Crippen molar-refractivity contribution in [3.63, 3.8) is 0 Å². The van der Waals surface area contributed by atoms with Gasteiger partial charge in [0.2, 0.25) is 9.84 Å². The zero-order valence-electron chi connectivity index (χ0n) is 13.7. The predicted octanol–water partition coefficient (Wildman–Crippen LogP) is 3.78. The maximum absolute atomic E-state index is 13.8. The van der Waals surface area contributed by atoms with Crippen molar-refractivity contribution in [3.8, 4) is 5.75 Å². The third-order valence-electron chi connectivity index (χ3n) is 3.36. The molecule has 0 aliphatic carbocycles.